The van der Waals surface area contributed by atoms with E-state index in [0.717, 1.165) is 44.9 Å². The van der Waals surface area contributed by atoms with E-state index in [2.05, 4.69) is 31.3 Å². The van der Waals surface area contributed by atoms with Crippen molar-refractivity contribution in [1.29, 1.82) is 0 Å². The zero-order valence-corrected chi connectivity index (χ0v) is 45.1. The molecule has 0 aliphatic heterocycles. The van der Waals surface area contributed by atoms with Gasteiger partial charge in [-0.15, -0.1) is 0 Å². The van der Waals surface area contributed by atoms with Crippen LogP contribution in [0, 0.1) is 0 Å². The second-order valence-electron chi connectivity index (χ2n) is 20.7. The van der Waals surface area contributed by atoms with Crippen LogP contribution in [0.15, 0.2) is 24.3 Å². The number of carbonyl (C=O) groups is 2. The van der Waals surface area contributed by atoms with Crippen molar-refractivity contribution in [2.45, 2.75) is 341 Å². The Morgan fingerprint density at radius 1 is 0.403 bits per heavy atom. The molecule has 0 aromatic carbocycles. The number of carbonyl (C=O) groups excluding carboxylic acids is 2. The van der Waals surface area contributed by atoms with Crippen molar-refractivity contribution in [2.24, 2.45) is 0 Å². The SMILES string of the molecule is CCCCCCCC/C=C\CCCCCCCCCCCC(=O)OCCCCCCCCCCCCCCCCCCC(=O)NC(CO)C(O)/C=C/CCCCCCCCCCCCCCC. The average molecular weight is 945 g/mol. The molecule has 2 atom stereocenters. The molecule has 67 heavy (non-hydrogen) atoms. The fourth-order valence-electron chi connectivity index (χ4n) is 9.34. The Balaban J connectivity index is 3.42. The molecule has 0 rings (SSSR count). The molecule has 0 saturated heterocycles. The largest absolute Gasteiger partial charge is 0.466 e. The van der Waals surface area contributed by atoms with E-state index in [0.29, 0.717) is 19.4 Å². The second-order valence-corrected chi connectivity index (χ2v) is 20.7. The van der Waals surface area contributed by atoms with Gasteiger partial charge in [0.15, 0.2) is 0 Å². The number of hydrogen-bond donors (Lipinski definition) is 3. The van der Waals surface area contributed by atoms with Gasteiger partial charge in [0.1, 0.15) is 0 Å². The Morgan fingerprint density at radius 3 is 1.06 bits per heavy atom. The molecule has 6 nitrogen and oxygen atoms in total. The van der Waals surface area contributed by atoms with Crippen molar-refractivity contribution in [3.8, 4) is 0 Å². The molecule has 0 radical (unpaired) electrons. The van der Waals surface area contributed by atoms with Crippen molar-refractivity contribution in [1.82, 2.24) is 5.32 Å². The third-order valence-corrected chi connectivity index (χ3v) is 14.0. The molecule has 6 heteroatoms. The van der Waals surface area contributed by atoms with Gasteiger partial charge in [0.05, 0.1) is 25.4 Å². The van der Waals surface area contributed by atoms with Crippen LogP contribution in [0.3, 0.4) is 0 Å². The van der Waals surface area contributed by atoms with E-state index in [4.69, 9.17) is 4.74 Å². The van der Waals surface area contributed by atoms with Crippen LogP contribution in [0.1, 0.15) is 328 Å². The van der Waals surface area contributed by atoms with Gasteiger partial charge in [0.2, 0.25) is 5.91 Å². The number of hydrogen-bond acceptors (Lipinski definition) is 5. The summed E-state index contributed by atoms with van der Waals surface area (Å²) in [7, 11) is 0. The third kappa shape index (κ3) is 53.5. The first kappa shape index (κ1) is 65.3. The number of aliphatic hydroxyl groups excluding tert-OH is 2. The summed E-state index contributed by atoms with van der Waals surface area (Å²) >= 11 is 0. The highest BCUT2D eigenvalue weighted by Crippen LogP contribution is 2.17. The fraction of sp³-hybridized carbons (Fsp3) is 0.902. The van der Waals surface area contributed by atoms with Crippen molar-refractivity contribution in [2.75, 3.05) is 13.2 Å². The lowest BCUT2D eigenvalue weighted by Crippen LogP contribution is -2.45. The summed E-state index contributed by atoms with van der Waals surface area (Å²) in [4.78, 5) is 24.6. The topological polar surface area (TPSA) is 95.9 Å². The first-order chi connectivity index (χ1) is 33.0. The van der Waals surface area contributed by atoms with Crippen molar-refractivity contribution in [3.63, 3.8) is 0 Å². The molecular weight excluding hydrogens is 827 g/mol. The van der Waals surface area contributed by atoms with Gasteiger partial charge in [-0.3, -0.25) is 9.59 Å². The number of unbranched alkanes of at least 4 members (excludes halogenated alkanes) is 43. The summed E-state index contributed by atoms with van der Waals surface area (Å²) < 4.78 is 5.49. The summed E-state index contributed by atoms with van der Waals surface area (Å²) in [5.74, 6) is -0.0712. The third-order valence-electron chi connectivity index (χ3n) is 14.0. The summed E-state index contributed by atoms with van der Waals surface area (Å²) in [6.45, 7) is 4.90. The predicted molar refractivity (Wildman–Crippen MR) is 292 cm³/mol. The van der Waals surface area contributed by atoms with Gasteiger partial charge < -0.3 is 20.3 Å². The number of esters is 1. The van der Waals surface area contributed by atoms with Crippen LogP contribution < -0.4 is 5.32 Å². The number of amides is 1. The van der Waals surface area contributed by atoms with E-state index in [-0.39, 0.29) is 18.5 Å². The fourth-order valence-corrected chi connectivity index (χ4v) is 9.34. The lowest BCUT2D eigenvalue weighted by Gasteiger charge is -2.20. The molecule has 1 amide bonds. The molecule has 396 valence electrons. The van der Waals surface area contributed by atoms with Gasteiger partial charge >= 0.3 is 5.97 Å². The Morgan fingerprint density at radius 2 is 0.701 bits per heavy atom. The van der Waals surface area contributed by atoms with E-state index in [9.17, 15) is 19.8 Å². The van der Waals surface area contributed by atoms with Crippen LogP contribution in [0.5, 0.6) is 0 Å². The van der Waals surface area contributed by atoms with Gasteiger partial charge in [-0.05, 0) is 57.8 Å². The maximum Gasteiger partial charge on any atom is 0.305 e. The minimum absolute atomic E-state index is 0.00207. The zero-order valence-electron chi connectivity index (χ0n) is 45.1. The Kier molecular flexibility index (Phi) is 55.5. The molecule has 0 saturated carbocycles. The lowest BCUT2D eigenvalue weighted by atomic mass is 10.0. The van der Waals surface area contributed by atoms with Crippen molar-refractivity contribution in [3.05, 3.63) is 24.3 Å². The van der Waals surface area contributed by atoms with Gasteiger partial charge in [0, 0.05) is 12.8 Å². The average Bonchev–Trinajstić information content (AvgIpc) is 3.33. The molecule has 0 bridgehead atoms. The Labute approximate surface area is 418 Å². The van der Waals surface area contributed by atoms with Crippen LogP contribution >= 0.6 is 0 Å². The molecule has 0 fully saturated rings. The quantitative estimate of drug-likeness (QED) is 0.0321. The number of rotatable bonds is 56. The van der Waals surface area contributed by atoms with Crippen LogP contribution in [0.4, 0.5) is 0 Å². The molecule has 0 aromatic heterocycles. The highest BCUT2D eigenvalue weighted by Gasteiger charge is 2.18. The number of ether oxygens (including phenoxy) is 1. The van der Waals surface area contributed by atoms with E-state index in [1.54, 1.807) is 6.08 Å². The predicted octanol–water partition coefficient (Wildman–Crippen LogP) is 18.6. The molecular formula is C61H117NO5. The lowest BCUT2D eigenvalue weighted by molar-refractivity contribution is -0.143. The molecule has 0 heterocycles. The molecule has 0 aliphatic rings. The Hall–Kier alpha value is -1.66. The summed E-state index contributed by atoms with van der Waals surface area (Å²) in [6, 6.07) is -0.633. The molecule has 3 N–H and O–H groups in total. The van der Waals surface area contributed by atoms with E-state index < -0.39 is 12.1 Å². The van der Waals surface area contributed by atoms with Gasteiger partial charge in [-0.1, -0.05) is 282 Å². The molecule has 2 unspecified atom stereocenters. The van der Waals surface area contributed by atoms with E-state index in [1.807, 2.05) is 6.08 Å². The normalized spacial score (nSPS) is 12.7. The minimum atomic E-state index is -0.849. The van der Waals surface area contributed by atoms with Crippen molar-refractivity contribution < 1.29 is 24.5 Å². The standard InChI is InChI=1S/C61H117NO5/c1-3-5-7-9-11-13-15-17-19-20-21-22-27-31-35-39-43-47-51-55-61(66)67-56-52-48-44-40-36-32-28-24-23-26-30-34-38-42-46-50-54-60(65)62-58(57-63)59(64)53-49-45-41-37-33-29-25-18-16-14-12-10-8-6-4-2/h17,19,49,53,58-59,63-64H,3-16,18,20-48,50-52,54-57H2,1-2H3,(H,62,65)/b19-17-,53-49+. The first-order valence-corrected chi connectivity index (χ1v) is 30.1. The monoisotopic (exact) mass is 944 g/mol. The van der Waals surface area contributed by atoms with E-state index >= 15 is 0 Å². The summed E-state index contributed by atoms with van der Waals surface area (Å²) in [5, 5.41) is 23.1. The summed E-state index contributed by atoms with van der Waals surface area (Å²) in [6.07, 6.45) is 69.1. The van der Waals surface area contributed by atoms with Gasteiger partial charge in [-0.2, -0.15) is 0 Å². The molecule has 0 aliphatic carbocycles. The molecule has 0 spiro atoms. The number of allylic oxidation sites excluding steroid dienone is 3. The van der Waals surface area contributed by atoms with Gasteiger partial charge in [0.25, 0.3) is 0 Å². The van der Waals surface area contributed by atoms with Crippen LogP contribution in [-0.2, 0) is 14.3 Å². The first-order valence-electron chi connectivity index (χ1n) is 30.1. The minimum Gasteiger partial charge on any atom is -0.466 e. The Bertz CT molecular complexity index is 1040. The maximum absolute atomic E-state index is 12.5. The smallest absolute Gasteiger partial charge is 0.305 e. The highest BCUT2D eigenvalue weighted by molar-refractivity contribution is 5.76. The van der Waals surface area contributed by atoms with Crippen LogP contribution in [-0.4, -0.2) is 47.4 Å². The van der Waals surface area contributed by atoms with Crippen molar-refractivity contribution >= 4 is 11.9 Å². The number of nitrogens with one attached hydrogen (secondary N) is 1. The van der Waals surface area contributed by atoms with Crippen LogP contribution in [0.2, 0.25) is 0 Å². The zero-order chi connectivity index (χ0) is 48.6. The van der Waals surface area contributed by atoms with E-state index in [1.165, 1.54) is 257 Å². The number of aliphatic hydroxyl groups is 2. The van der Waals surface area contributed by atoms with Gasteiger partial charge in [-0.25, -0.2) is 0 Å². The maximum atomic E-state index is 12.5. The van der Waals surface area contributed by atoms with Crippen LogP contribution in [0.25, 0.3) is 0 Å². The molecule has 0 aromatic rings. The second kappa shape index (κ2) is 56.9. The summed E-state index contributed by atoms with van der Waals surface area (Å²) in [5.41, 5.74) is 0. The highest BCUT2D eigenvalue weighted by atomic mass is 16.5.